The number of rotatable bonds is 5. The Morgan fingerprint density at radius 1 is 1.30 bits per heavy atom. The van der Waals surface area contributed by atoms with Gasteiger partial charge in [0.1, 0.15) is 0 Å². The number of hydrogen-bond acceptors (Lipinski definition) is 3. The molecule has 1 heterocycles. The van der Waals surface area contributed by atoms with Crippen LogP contribution in [0.2, 0.25) is 0 Å². The van der Waals surface area contributed by atoms with E-state index in [-0.39, 0.29) is 6.54 Å². The van der Waals surface area contributed by atoms with Gasteiger partial charge in [0.05, 0.1) is 5.56 Å². The van der Waals surface area contributed by atoms with Crippen LogP contribution in [0.15, 0.2) is 49.2 Å². The van der Waals surface area contributed by atoms with Crippen molar-refractivity contribution in [1.82, 2.24) is 4.57 Å². The van der Waals surface area contributed by atoms with Crippen molar-refractivity contribution >= 4 is 5.97 Å². The first kappa shape index (κ1) is 18.2. The summed E-state index contributed by atoms with van der Waals surface area (Å²) < 4.78 is 2.16. The normalized spacial score (nSPS) is 9.65. The Morgan fingerprint density at radius 2 is 1.91 bits per heavy atom. The molecular weight excluding hydrogens is 296 g/mol. The molecule has 0 aliphatic carbocycles. The zero-order valence-electron chi connectivity index (χ0n) is 13.2. The van der Waals surface area contributed by atoms with Crippen molar-refractivity contribution in [3.05, 3.63) is 81.7 Å². The molecule has 6 heteroatoms. The SMILES string of the molecule is C=CC[N+](=O)[O-].Cc1ccn(Cc2ccc(C(=O)O)cc2)c1C. The summed E-state index contributed by atoms with van der Waals surface area (Å²) in [7, 11) is 0. The maximum atomic E-state index is 10.7. The number of hydrogen-bond donors (Lipinski definition) is 1. The number of nitro groups is 1. The molecule has 0 unspecified atom stereocenters. The molecule has 1 aromatic carbocycles. The van der Waals surface area contributed by atoms with Crippen LogP contribution in [0.25, 0.3) is 0 Å². The summed E-state index contributed by atoms with van der Waals surface area (Å²) in [4.78, 5) is 19.6. The third-order valence-electron chi connectivity index (χ3n) is 3.34. The van der Waals surface area contributed by atoms with Gasteiger partial charge in [-0.15, -0.1) is 0 Å². The summed E-state index contributed by atoms with van der Waals surface area (Å²) in [5.74, 6) is -0.885. The molecule has 0 radical (unpaired) electrons. The van der Waals surface area contributed by atoms with E-state index in [1.807, 2.05) is 12.1 Å². The number of aromatic carboxylic acids is 1. The van der Waals surface area contributed by atoms with Crippen LogP contribution in [0.1, 0.15) is 27.2 Å². The van der Waals surface area contributed by atoms with Gasteiger partial charge in [0.25, 0.3) is 0 Å². The summed E-state index contributed by atoms with van der Waals surface area (Å²) in [5, 5.41) is 18.1. The average Bonchev–Trinajstić information content (AvgIpc) is 2.80. The summed E-state index contributed by atoms with van der Waals surface area (Å²) in [6, 6.07) is 9.09. The van der Waals surface area contributed by atoms with Crippen LogP contribution >= 0.6 is 0 Å². The van der Waals surface area contributed by atoms with E-state index in [9.17, 15) is 14.9 Å². The molecule has 0 spiro atoms. The van der Waals surface area contributed by atoms with E-state index in [0.717, 1.165) is 12.1 Å². The van der Waals surface area contributed by atoms with Crippen LogP contribution in [-0.4, -0.2) is 27.1 Å². The van der Waals surface area contributed by atoms with Crippen molar-refractivity contribution < 1.29 is 14.8 Å². The molecule has 2 aromatic rings. The monoisotopic (exact) mass is 316 g/mol. The Balaban J connectivity index is 0.000000379. The standard InChI is InChI=1S/C14H15NO2.C3H5NO2/c1-10-7-8-15(11(10)2)9-12-3-5-13(6-4-12)14(16)17;1-2-3-4(5)6/h3-8H,9H2,1-2H3,(H,16,17);2H,1,3H2. The van der Waals surface area contributed by atoms with Crippen LogP contribution in [0.5, 0.6) is 0 Å². The van der Waals surface area contributed by atoms with Gasteiger partial charge in [0.2, 0.25) is 6.54 Å². The first-order valence-electron chi connectivity index (χ1n) is 7.02. The predicted octanol–water partition coefficient (Wildman–Crippen LogP) is 3.30. The van der Waals surface area contributed by atoms with E-state index < -0.39 is 10.9 Å². The summed E-state index contributed by atoms with van der Waals surface area (Å²) in [5.41, 5.74) is 3.95. The van der Waals surface area contributed by atoms with E-state index >= 15 is 0 Å². The fourth-order valence-electron chi connectivity index (χ4n) is 1.89. The summed E-state index contributed by atoms with van der Waals surface area (Å²) in [6.07, 6.45) is 3.30. The highest BCUT2D eigenvalue weighted by molar-refractivity contribution is 5.87. The van der Waals surface area contributed by atoms with Gasteiger partial charge in [0, 0.05) is 23.4 Å². The molecule has 1 aromatic heterocycles. The molecule has 0 fully saturated rings. The Kier molecular flexibility index (Phi) is 6.73. The Morgan fingerprint density at radius 3 is 2.26 bits per heavy atom. The highest BCUT2D eigenvalue weighted by Gasteiger charge is 2.04. The second-order valence-electron chi connectivity index (χ2n) is 5.02. The number of carboxylic acids is 1. The van der Waals surface area contributed by atoms with Crippen molar-refractivity contribution in [1.29, 1.82) is 0 Å². The highest BCUT2D eigenvalue weighted by atomic mass is 16.6. The maximum Gasteiger partial charge on any atom is 0.335 e. The summed E-state index contributed by atoms with van der Waals surface area (Å²) in [6.45, 7) is 7.96. The van der Waals surface area contributed by atoms with E-state index in [4.69, 9.17) is 5.11 Å². The van der Waals surface area contributed by atoms with E-state index in [1.54, 1.807) is 12.1 Å². The molecule has 0 atom stereocenters. The lowest BCUT2D eigenvalue weighted by molar-refractivity contribution is -0.468. The molecule has 23 heavy (non-hydrogen) atoms. The van der Waals surface area contributed by atoms with Crippen molar-refractivity contribution in [3.63, 3.8) is 0 Å². The van der Waals surface area contributed by atoms with Gasteiger partial charge < -0.3 is 9.67 Å². The Labute approximate surface area is 134 Å². The van der Waals surface area contributed by atoms with Crippen molar-refractivity contribution in [2.24, 2.45) is 0 Å². The van der Waals surface area contributed by atoms with E-state index in [2.05, 4.69) is 37.3 Å². The highest BCUT2D eigenvalue weighted by Crippen LogP contribution is 2.12. The first-order chi connectivity index (χ1) is 10.8. The van der Waals surface area contributed by atoms with Crippen molar-refractivity contribution in [3.8, 4) is 0 Å². The predicted molar refractivity (Wildman–Crippen MR) is 88.5 cm³/mol. The number of benzene rings is 1. The van der Waals surface area contributed by atoms with Crippen LogP contribution < -0.4 is 0 Å². The molecule has 0 aliphatic rings. The summed E-state index contributed by atoms with van der Waals surface area (Å²) >= 11 is 0. The van der Waals surface area contributed by atoms with Crippen LogP contribution in [0.3, 0.4) is 0 Å². The number of carboxylic acid groups (broad SMARTS) is 1. The fraction of sp³-hybridized carbons (Fsp3) is 0.235. The second-order valence-corrected chi connectivity index (χ2v) is 5.02. The lowest BCUT2D eigenvalue weighted by atomic mass is 10.1. The maximum absolute atomic E-state index is 10.7. The molecule has 6 nitrogen and oxygen atoms in total. The minimum absolute atomic E-state index is 0.139. The molecular formula is C17H20N2O4. The molecule has 0 aliphatic heterocycles. The van der Waals surface area contributed by atoms with Gasteiger partial charge in [-0.1, -0.05) is 18.7 Å². The van der Waals surface area contributed by atoms with E-state index in [0.29, 0.717) is 5.56 Å². The van der Waals surface area contributed by atoms with Crippen LogP contribution in [0, 0.1) is 24.0 Å². The Bertz CT molecular complexity index is 687. The quantitative estimate of drug-likeness (QED) is 0.521. The average molecular weight is 316 g/mol. The smallest absolute Gasteiger partial charge is 0.335 e. The molecule has 0 saturated carbocycles. The van der Waals surface area contributed by atoms with Gasteiger partial charge in [-0.3, -0.25) is 10.1 Å². The van der Waals surface area contributed by atoms with Gasteiger partial charge in [-0.05, 0) is 49.2 Å². The van der Waals surface area contributed by atoms with Crippen molar-refractivity contribution in [2.45, 2.75) is 20.4 Å². The van der Waals surface area contributed by atoms with Gasteiger partial charge in [0.15, 0.2) is 0 Å². The van der Waals surface area contributed by atoms with Gasteiger partial charge in [-0.25, -0.2) is 4.79 Å². The zero-order valence-corrected chi connectivity index (χ0v) is 13.2. The minimum Gasteiger partial charge on any atom is -0.478 e. The van der Waals surface area contributed by atoms with Gasteiger partial charge in [-0.2, -0.15) is 0 Å². The molecule has 122 valence electrons. The second kappa shape index (κ2) is 8.53. The van der Waals surface area contributed by atoms with Gasteiger partial charge >= 0.3 is 5.97 Å². The Hall–Kier alpha value is -2.89. The molecule has 0 bridgehead atoms. The zero-order chi connectivity index (χ0) is 17.4. The fourth-order valence-corrected chi connectivity index (χ4v) is 1.89. The van der Waals surface area contributed by atoms with E-state index in [1.165, 1.54) is 17.3 Å². The molecule has 1 N–H and O–H groups in total. The third-order valence-corrected chi connectivity index (χ3v) is 3.34. The van der Waals surface area contributed by atoms with Crippen LogP contribution in [-0.2, 0) is 6.54 Å². The first-order valence-corrected chi connectivity index (χ1v) is 7.02. The molecule has 0 saturated heterocycles. The minimum atomic E-state index is -0.885. The largest absolute Gasteiger partial charge is 0.478 e. The number of nitrogens with zero attached hydrogens (tertiary/aromatic N) is 2. The lowest BCUT2D eigenvalue weighted by Crippen LogP contribution is -2.02. The van der Waals surface area contributed by atoms with Crippen LogP contribution in [0.4, 0.5) is 0 Å². The number of carbonyl (C=O) groups is 1. The number of aromatic nitrogens is 1. The third kappa shape index (κ3) is 5.78. The molecule has 0 amide bonds. The number of aryl methyl sites for hydroxylation is 1. The molecule has 2 rings (SSSR count). The van der Waals surface area contributed by atoms with Crippen molar-refractivity contribution in [2.75, 3.05) is 6.54 Å². The topological polar surface area (TPSA) is 85.4 Å². The lowest BCUT2D eigenvalue weighted by Gasteiger charge is -2.07.